The van der Waals surface area contributed by atoms with Crippen molar-refractivity contribution in [3.8, 4) is 0 Å². The van der Waals surface area contributed by atoms with E-state index >= 15 is 0 Å². The summed E-state index contributed by atoms with van der Waals surface area (Å²) in [4.78, 5) is 46.5. The average Bonchev–Trinajstić information content (AvgIpc) is 3.42. The Kier molecular flexibility index (Phi) is 8.16. The van der Waals surface area contributed by atoms with Crippen LogP contribution < -0.4 is 5.73 Å². The predicted molar refractivity (Wildman–Crippen MR) is 144 cm³/mol. The number of azide groups is 1. The minimum absolute atomic E-state index is 0.101. The summed E-state index contributed by atoms with van der Waals surface area (Å²) < 4.78 is 5.62. The van der Waals surface area contributed by atoms with Crippen LogP contribution in [-0.4, -0.2) is 77.9 Å². The predicted octanol–water partition coefficient (Wildman–Crippen LogP) is 3.75. The van der Waals surface area contributed by atoms with Crippen LogP contribution in [0, 0.1) is 5.41 Å². The Bertz CT molecular complexity index is 1130. The Hall–Kier alpha value is -2.94. The molecule has 1 aromatic carbocycles. The molecule has 4 rings (SSSR count). The Morgan fingerprint density at radius 2 is 1.92 bits per heavy atom. The Balaban J connectivity index is 1.72. The molecule has 10 heteroatoms. The van der Waals surface area contributed by atoms with Gasteiger partial charge in [0, 0.05) is 23.1 Å². The van der Waals surface area contributed by atoms with Crippen molar-refractivity contribution in [2.24, 2.45) is 16.3 Å². The van der Waals surface area contributed by atoms with Gasteiger partial charge in [-0.3, -0.25) is 14.4 Å². The SMILES string of the molecule is CC(C)N1CCC(c2ccc(C(N)=O)c([C@H](CC(C)(C)C)C(=O)N3C[C@H](N=[N+]=[N-])[C@H]4OCC(=O)[C@H]43)c2)CC1. The van der Waals surface area contributed by atoms with E-state index in [1.807, 2.05) is 32.9 Å². The zero-order chi connectivity index (χ0) is 27.8. The summed E-state index contributed by atoms with van der Waals surface area (Å²) >= 11 is 0. The molecule has 38 heavy (non-hydrogen) atoms. The summed E-state index contributed by atoms with van der Waals surface area (Å²) in [5, 5.41) is 3.81. The van der Waals surface area contributed by atoms with Crippen molar-refractivity contribution in [2.75, 3.05) is 26.2 Å². The van der Waals surface area contributed by atoms with Gasteiger partial charge < -0.3 is 20.3 Å². The van der Waals surface area contributed by atoms with Crippen LogP contribution in [0.5, 0.6) is 0 Å². The maximum absolute atomic E-state index is 14.3. The van der Waals surface area contributed by atoms with Gasteiger partial charge in [0.05, 0.1) is 18.1 Å². The van der Waals surface area contributed by atoms with E-state index in [2.05, 4.69) is 28.8 Å². The molecule has 0 unspecified atom stereocenters. The molecular formula is C28H40N6O4. The molecule has 3 aliphatic heterocycles. The van der Waals surface area contributed by atoms with Crippen molar-refractivity contribution in [3.63, 3.8) is 0 Å². The van der Waals surface area contributed by atoms with Gasteiger partial charge in [-0.15, -0.1) is 0 Å². The molecule has 3 aliphatic rings. The topological polar surface area (TPSA) is 142 Å². The van der Waals surface area contributed by atoms with Gasteiger partial charge in [0.15, 0.2) is 5.78 Å². The van der Waals surface area contributed by atoms with Gasteiger partial charge >= 0.3 is 0 Å². The van der Waals surface area contributed by atoms with Crippen molar-refractivity contribution in [3.05, 3.63) is 45.3 Å². The first-order valence-electron chi connectivity index (χ1n) is 13.6. The number of Topliss-reactive ketones (excluding diaryl/α,β-unsaturated/α-hetero) is 1. The maximum atomic E-state index is 14.3. The van der Waals surface area contributed by atoms with Crippen LogP contribution in [0.3, 0.4) is 0 Å². The van der Waals surface area contributed by atoms with E-state index < -0.39 is 30.0 Å². The normalized spacial score (nSPS) is 25.4. The van der Waals surface area contributed by atoms with Crippen LogP contribution in [-0.2, 0) is 14.3 Å². The number of benzene rings is 1. The molecule has 0 saturated carbocycles. The highest BCUT2D eigenvalue weighted by Crippen LogP contribution is 2.40. The minimum Gasteiger partial charge on any atom is -0.367 e. The standard InChI is InChI=1S/C28H40N6O4/c1-16(2)33-10-8-17(9-11-33)18-6-7-19(26(29)36)20(12-18)21(13-28(3,4)5)27(37)34-14-22(31-32-30)25-24(34)23(35)15-38-25/h6-7,12,16-17,21-22,24-25H,8-11,13-15H2,1-5H3,(H2,29,36)/t21-,22-,24+,25+/m0/s1. The molecule has 3 fully saturated rings. The monoisotopic (exact) mass is 524 g/mol. The second kappa shape index (κ2) is 11.0. The van der Waals surface area contributed by atoms with Crippen molar-refractivity contribution < 1.29 is 19.1 Å². The fourth-order valence-corrected chi connectivity index (χ4v) is 6.27. The summed E-state index contributed by atoms with van der Waals surface area (Å²) in [6.45, 7) is 12.5. The number of nitrogens with two attached hydrogens (primary N) is 1. The molecule has 206 valence electrons. The number of primary amides is 1. The van der Waals surface area contributed by atoms with Gasteiger partial charge in [0.25, 0.3) is 0 Å². The van der Waals surface area contributed by atoms with Crippen LogP contribution >= 0.6 is 0 Å². The van der Waals surface area contributed by atoms with Gasteiger partial charge in [-0.05, 0) is 80.3 Å². The molecule has 10 nitrogen and oxygen atoms in total. The Morgan fingerprint density at radius 1 is 1.24 bits per heavy atom. The molecule has 0 radical (unpaired) electrons. The fraction of sp³-hybridized carbons (Fsp3) is 0.679. The molecule has 0 spiro atoms. The molecule has 4 atom stereocenters. The zero-order valence-corrected chi connectivity index (χ0v) is 23.1. The van der Waals surface area contributed by atoms with E-state index in [0.29, 0.717) is 29.5 Å². The van der Waals surface area contributed by atoms with Gasteiger partial charge in [-0.2, -0.15) is 0 Å². The number of ether oxygens (including phenoxy) is 1. The van der Waals surface area contributed by atoms with Gasteiger partial charge in [-0.25, -0.2) is 0 Å². The quantitative estimate of drug-likeness (QED) is 0.328. The number of hydrogen-bond donors (Lipinski definition) is 1. The second-order valence-electron chi connectivity index (χ2n) is 12.4. The molecule has 2 N–H and O–H groups in total. The molecule has 1 aromatic rings. The first kappa shape index (κ1) is 28.1. The first-order valence-corrected chi connectivity index (χ1v) is 13.6. The van der Waals surface area contributed by atoms with E-state index in [0.717, 1.165) is 31.5 Å². The van der Waals surface area contributed by atoms with Crippen molar-refractivity contribution in [1.29, 1.82) is 0 Å². The third kappa shape index (κ3) is 5.72. The average molecular weight is 525 g/mol. The summed E-state index contributed by atoms with van der Waals surface area (Å²) in [7, 11) is 0. The number of fused-ring (bicyclic) bond motifs is 1. The molecule has 0 aromatic heterocycles. The van der Waals surface area contributed by atoms with Crippen LogP contribution in [0.1, 0.15) is 87.2 Å². The molecule has 0 bridgehead atoms. The van der Waals surface area contributed by atoms with E-state index in [1.54, 1.807) is 6.07 Å². The first-order chi connectivity index (χ1) is 17.9. The lowest BCUT2D eigenvalue weighted by Gasteiger charge is -2.35. The lowest BCUT2D eigenvalue weighted by Crippen LogP contribution is -2.45. The van der Waals surface area contributed by atoms with Crippen LogP contribution in [0.4, 0.5) is 0 Å². The summed E-state index contributed by atoms with van der Waals surface area (Å²) in [6, 6.07) is 4.79. The highest BCUT2D eigenvalue weighted by Gasteiger charge is 2.53. The molecule has 2 amide bonds. The van der Waals surface area contributed by atoms with Crippen LogP contribution in [0.2, 0.25) is 0 Å². The third-order valence-corrected chi connectivity index (χ3v) is 8.20. The highest BCUT2D eigenvalue weighted by molar-refractivity contribution is 5.99. The number of carbonyl (C=O) groups excluding carboxylic acids is 3. The number of carbonyl (C=O) groups is 3. The number of rotatable bonds is 7. The van der Waals surface area contributed by atoms with E-state index in [-0.39, 0.29) is 30.3 Å². The number of nitrogens with zero attached hydrogens (tertiary/aromatic N) is 5. The van der Waals surface area contributed by atoms with Crippen LogP contribution in [0.15, 0.2) is 23.3 Å². The van der Waals surface area contributed by atoms with Crippen LogP contribution in [0.25, 0.3) is 10.4 Å². The minimum atomic E-state index is -0.791. The van der Waals surface area contributed by atoms with E-state index in [9.17, 15) is 14.4 Å². The lowest BCUT2D eigenvalue weighted by molar-refractivity contribution is -0.138. The number of likely N-dealkylation sites (tertiary alicyclic amines) is 2. The number of ketones is 1. The molecular weight excluding hydrogens is 484 g/mol. The summed E-state index contributed by atoms with van der Waals surface area (Å²) in [6.07, 6.45) is 1.81. The number of amides is 2. The van der Waals surface area contributed by atoms with E-state index in [1.165, 1.54) is 4.90 Å². The maximum Gasteiger partial charge on any atom is 0.249 e. The molecule has 0 aliphatic carbocycles. The van der Waals surface area contributed by atoms with Gasteiger partial charge in [0.2, 0.25) is 11.8 Å². The smallest absolute Gasteiger partial charge is 0.249 e. The lowest BCUT2D eigenvalue weighted by atomic mass is 9.77. The van der Waals surface area contributed by atoms with Crippen molar-refractivity contribution in [2.45, 2.75) is 89.9 Å². The Labute approximate surface area is 224 Å². The summed E-state index contributed by atoms with van der Waals surface area (Å²) in [5.41, 5.74) is 16.6. The highest BCUT2D eigenvalue weighted by atomic mass is 16.5. The number of piperidine rings is 1. The fourth-order valence-electron chi connectivity index (χ4n) is 6.27. The zero-order valence-electron chi connectivity index (χ0n) is 23.1. The van der Waals surface area contributed by atoms with Crippen molar-refractivity contribution >= 4 is 17.6 Å². The molecule has 3 heterocycles. The number of hydrogen-bond acceptors (Lipinski definition) is 6. The Morgan fingerprint density at radius 3 is 2.50 bits per heavy atom. The third-order valence-electron chi connectivity index (χ3n) is 8.20. The van der Waals surface area contributed by atoms with Crippen molar-refractivity contribution in [1.82, 2.24) is 9.80 Å². The second-order valence-corrected chi connectivity index (χ2v) is 12.4. The molecule has 3 saturated heterocycles. The van der Waals surface area contributed by atoms with Gasteiger partial charge in [0.1, 0.15) is 12.6 Å². The largest absolute Gasteiger partial charge is 0.367 e. The summed E-state index contributed by atoms with van der Waals surface area (Å²) in [5.74, 6) is -1.41. The van der Waals surface area contributed by atoms with E-state index in [4.69, 9.17) is 16.0 Å². The van der Waals surface area contributed by atoms with Gasteiger partial charge in [-0.1, -0.05) is 38.0 Å².